The molecule has 0 spiro atoms. The molecule has 7 heteroatoms. The molecule has 3 aromatic rings. The molecule has 3 rings (SSSR count). The Morgan fingerprint density at radius 2 is 2.14 bits per heavy atom. The molecule has 0 aliphatic carbocycles. The normalized spacial score (nSPS) is 10.3. The third-order valence-electron chi connectivity index (χ3n) is 2.83. The summed E-state index contributed by atoms with van der Waals surface area (Å²) in [6.45, 7) is 1.61. The summed E-state index contributed by atoms with van der Waals surface area (Å²) >= 11 is 5.21. The number of thiophene rings is 1. The van der Waals surface area contributed by atoms with Crippen LogP contribution in [-0.2, 0) is 13.1 Å². The average molecular weight is 386 g/mol. The Labute approximate surface area is 141 Å². The second-order valence-corrected chi connectivity index (χ2v) is 6.18. The van der Waals surface area contributed by atoms with Crippen molar-refractivity contribution < 1.29 is 0 Å². The number of pyridine rings is 1. The van der Waals surface area contributed by atoms with Crippen molar-refractivity contribution in [2.45, 2.75) is 13.1 Å². The molecule has 21 heavy (non-hydrogen) atoms. The Bertz CT molecular complexity index is 684. The van der Waals surface area contributed by atoms with Crippen LogP contribution in [-0.4, -0.2) is 14.8 Å². The first-order valence-corrected chi connectivity index (χ1v) is 7.88. The maximum absolute atomic E-state index is 4.41. The number of hydrogen-bond acceptors (Lipinski definition) is 4. The van der Waals surface area contributed by atoms with Gasteiger partial charge in [0.05, 0.1) is 0 Å². The van der Waals surface area contributed by atoms with Gasteiger partial charge < -0.3 is 5.32 Å². The Hall–Kier alpha value is -1.21. The summed E-state index contributed by atoms with van der Waals surface area (Å²) in [5, 5.41) is 9.77. The maximum Gasteiger partial charge on any atom is 0.157 e. The zero-order chi connectivity index (χ0) is 13.8. The van der Waals surface area contributed by atoms with Crippen molar-refractivity contribution in [2.75, 3.05) is 0 Å². The molecule has 3 aromatic heterocycles. The molecule has 0 radical (unpaired) electrons. The van der Waals surface area contributed by atoms with Crippen LogP contribution in [0.4, 0.5) is 0 Å². The van der Waals surface area contributed by atoms with Crippen LogP contribution in [0.25, 0.3) is 5.82 Å². The highest BCUT2D eigenvalue weighted by Gasteiger charge is 2.05. The Balaban J connectivity index is 0.00000161. The summed E-state index contributed by atoms with van der Waals surface area (Å²) in [4.78, 5) is 5.71. The number of rotatable bonds is 5. The second-order valence-electron chi connectivity index (χ2n) is 4.27. The molecule has 0 aliphatic rings. The average Bonchev–Trinajstić information content (AvgIpc) is 3.11. The van der Waals surface area contributed by atoms with Gasteiger partial charge in [-0.25, -0.2) is 9.67 Å². The third-order valence-corrected chi connectivity index (χ3v) is 4.52. The van der Waals surface area contributed by atoms with Gasteiger partial charge in [0.1, 0.15) is 0 Å². The van der Waals surface area contributed by atoms with Gasteiger partial charge in [0, 0.05) is 52.0 Å². The van der Waals surface area contributed by atoms with Gasteiger partial charge in [0.25, 0.3) is 0 Å². The first-order chi connectivity index (χ1) is 9.83. The van der Waals surface area contributed by atoms with Crippen LogP contribution >= 0.6 is 39.7 Å². The van der Waals surface area contributed by atoms with Crippen LogP contribution in [0.15, 0.2) is 52.7 Å². The second kappa shape index (κ2) is 7.70. The quantitative estimate of drug-likeness (QED) is 0.726. The van der Waals surface area contributed by atoms with Crippen molar-refractivity contribution in [3.63, 3.8) is 0 Å². The van der Waals surface area contributed by atoms with Crippen molar-refractivity contribution in [1.82, 2.24) is 20.1 Å². The lowest BCUT2D eigenvalue weighted by Gasteiger charge is -2.09. The summed E-state index contributed by atoms with van der Waals surface area (Å²) in [7, 11) is 0. The van der Waals surface area contributed by atoms with Gasteiger partial charge >= 0.3 is 0 Å². The topological polar surface area (TPSA) is 42.7 Å². The van der Waals surface area contributed by atoms with Gasteiger partial charge in [-0.2, -0.15) is 5.10 Å². The van der Waals surface area contributed by atoms with E-state index in [-0.39, 0.29) is 12.4 Å². The van der Waals surface area contributed by atoms with Crippen molar-refractivity contribution in [3.8, 4) is 5.82 Å². The molecule has 0 atom stereocenters. The molecule has 0 fully saturated rings. The summed E-state index contributed by atoms with van der Waals surface area (Å²) in [5.41, 5.74) is 1.13. The van der Waals surface area contributed by atoms with E-state index in [9.17, 15) is 0 Å². The Kier molecular flexibility index (Phi) is 5.93. The van der Waals surface area contributed by atoms with Gasteiger partial charge in [-0.05, 0) is 34.1 Å². The van der Waals surface area contributed by atoms with Crippen LogP contribution in [0.5, 0.6) is 0 Å². The molecule has 0 saturated heterocycles. The first-order valence-electron chi connectivity index (χ1n) is 6.20. The minimum atomic E-state index is 0. The molecular formula is C14H14BrClN4S. The Morgan fingerprint density at radius 1 is 1.24 bits per heavy atom. The predicted octanol–water partition coefficient (Wildman–Crippen LogP) is 3.80. The largest absolute Gasteiger partial charge is 0.308 e. The molecule has 110 valence electrons. The number of hydrogen-bond donors (Lipinski definition) is 1. The van der Waals surface area contributed by atoms with Crippen LogP contribution in [0.3, 0.4) is 0 Å². The van der Waals surface area contributed by atoms with Crippen LogP contribution < -0.4 is 5.32 Å². The molecule has 3 heterocycles. The number of halogens is 2. The van der Waals surface area contributed by atoms with Crippen LogP contribution in [0.1, 0.15) is 10.4 Å². The zero-order valence-corrected chi connectivity index (χ0v) is 14.3. The van der Waals surface area contributed by atoms with E-state index in [2.05, 4.69) is 48.8 Å². The monoisotopic (exact) mass is 384 g/mol. The van der Waals surface area contributed by atoms with E-state index in [1.807, 2.05) is 18.3 Å². The molecule has 0 bridgehead atoms. The SMILES string of the molecule is Brc1csc(CNCc2cccnc2-n2cccn2)c1.Cl. The lowest BCUT2D eigenvalue weighted by molar-refractivity contribution is 0.688. The molecule has 0 aromatic carbocycles. The highest BCUT2D eigenvalue weighted by molar-refractivity contribution is 9.10. The lowest BCUT2D eigenvalue weighted by Crippen LogP contribution is -2.14. The predicted molar refractivity (Wildman–Crippen MR) is 91.2 cm³/mol. The molecule has 0 unspecified atom stereocenters. The smallest absolute Gasteiger partial charge is 0.157 e. The fourth-order valence-corrected chi connectivity index (χ4v) is 3.36. The highest BCUT2D eigenvalue weighted by Crippen LogP contribution is 2.19. The molecule has 0 saturated carbocycles. The van der Waals surface area contributed by atoms with E-state index < -0.39 is 0 Å². The van der Waals surface area contributed by atoms with Gasteiger partial charge in [-0.1, -0.05) is 6.07 Å². The van der Waals surface area contributed by atoms with Crippen molar-refractivity contribution in [1.29, 1.82) is 0 Å². The zero-order valence-electron chi connectivity index (χ0n) is 11.1. The highest BCUT2D eigenvalue weighted by atomic mass is 79.9. The van der Waals surface area contributed by atoms with Crippen molar-refractivity contribution in [2.24, 2.45) is 0 Å². The maximum atomic E-state index is 4.41. The molecular weight excluding hydrogens is 372 g/mol. The third kappa shape index (κ3) is 4.14. The first kappa shape index (κ1) is 16.2. The molecule has 0 amide bonds. The van der Waals surface area contributed by atoms with Crippen molar-refractivity contribution >= 4 is 39.7 Å². The Morgan fingerprint density at radius 3 is 2.86 bits per heavy atom. The summed E-state index contributed by atoms with van der Waals surface area (Å²) in [6, 6.07) is 8.05. The molecule has 1 N–H and O–H groups in total. The standard InChI is InChI=1S/C14H13BrN4S.ClH/c15-12-7-13(20-10-12)9-16-8-11-3-1-4-17-14(11)19-6-2-5-18-19;/h1-7,10,16H,8-9H2;1H. The van der Waals surface area contributed by atoms with E-state index in [4.69, 9.17) is 0 Å². The molecule has 0 aliphatic heterocycles. The lowest BCUT2D eigenvalue weighted by atomic mass is 10.2. The summed E-state index contributed by atoms with van der Waals surface area (Å²) in [5.74, 6) is 0.873. The van der Waals surface area contributed by atoms with E-state index >= 15 is 0 Å². The van der Waals surface area contributed by atoms with E-state index in [1.54, 1.807) is 28.4 Å². The fourth-order valence-electron chi connectivity index (χ4n) is 1.94. The number of aromatic nitrogens is 3. The van der Waals surface area contributed by atoms with E-state index in [0.29, 0.717) is 0 Å². The van der Waals surface area contributed by atoms with Gasteiger partial charge in [0.2, 0.25) is 0 Å². The molecule has 4 nitrogen and oxygen atoms in total. The summed E-state index contributed by atoms with van der Waals surface area (Å²) in [6.07, 6.45) is 5.45. The van der Waals surface area contributed by atoms with Gasteiger partial charge in [-0.15, -0.1) is 23.7 Å². The van der Waals surface area contributed by atoms with Crippen molar-refractivity contribution in [3.05, 3.63) is 63.1 Å². The fraction of sp³-hybridized carbons (Fsp3) is 0.143. The minimum Gasteiger partial charge on any atom is -0.308 e. The van der Waals surface area contributed by atoms with Gasteiger partial charge in [0.15, 0.2) is 5.82 Å². The van der Waals surface area contributed by atoms with E-state index in [1.165, 1.54) is 4.88 Å². The number of nitrogens with zero attached hydrogens (tertiary/aromatic N) is 3. The van der Waals surface area contributed by atoms with E-state index in [0.717, 1.165) is 28.9 Å². The summed E-state index contributed by atoms with van der Waals surface area (Å²) < 4.78 is 2.93. The van der Waals surface area contributed by atoms with Crippen LogP contribution in [0.2, 0.25) is 0 Å². The van der Waals surface area contributed by atoms with Crippen LogP contribution in [0, 0.1) is 0 Å². The van der Waals surface area contributed by atoms with Gasteiger partial charge in [-0.3, -0.25) is 0 Å². The minimum absolute atomic E-state index is 0. The number of nitrogens with one attached hydrogen (secondary N) is 1.